The molecule has 3 fully saturated rings. The molecule has 0 bridgehead atoms. The van der Waals surface area contributed by atoms with Crippen LogP contribution in [0.5, 0.6) is 5.75 Å². The van der Waals surface area contributed by atoms with Crippen LogP contribution in [-0.2, 0) is 4.74 Å². The Morgan fingerprint density at radius 3 is 3.03 bits per heavy atom. The van der Waals surface area contributed by atoms with Crippen LogP contribution in [0, 0.1) is 5.92 Å². The van der Waals surface area contributed by atoms with Gasteiger partial charge in [-0.15, -0.1) is 0 Å². The molecule has 1 aromatic rings. The van der Waals surface area contributed by atoms with E-state index in [4.69, 9.17) is 20.9 Å². The van der Waals surface area contributed by atoms with Crippen LogP contribution in [0.4, 0.5) is 10.5 Å². The molecule has 3 aliphatic heterocycles. The second-order valence-electron chi connectivity index (χ2n) is 8.26. The summed E-state index contributed by atoms with van der Waals surface area (Å²) in [6.45, 7) is 2.84. The first kappa shape index (κ1) is 21.2. The van der Waals surface area contributed by atoms with E-state index in [9.17, 15) is 15.0 Å². The lowest BCUT2D eigenvalue weighted by molar-refractivity contribution is -0.111. The SMILES string of the molecule is C[C@@]1(O)[C@@H](COc2cccc(NC(N)=O)c2)O[C@@H](N2CCC3C(N)NCNC32)[C@@H]1O. The number of primary amides is 1. The molecule has 0 aromatic heterocycles. The fourth-order valence-electron chi connectivity index (χ4n) is 4.51. The fraction of sp³-hybridized carbons (Fsp3) is 0.632. The molecule has 3 heterocycles. The smallest absolute Gasteiger partial charge is 0.316 e. The standard InChI is InChI=1S/C19H30N6O5/c1-19(28)13(8-29-11-4-2-3-10(7-11)24-18(21)27)30-17(14(19)26)25-6-5-12-15(20)22-9-23-16(12)25/h2-4,7,12-17,22-23,26,28H,5-6,8-9,20H2,1H3,(H3,21,24,27)/t12?,13-,14+,15?,16?,17-,19-/m1/s1. The molecule has 0 saturated carbocycles. The number of hydrogen-bond acceptors (Lipinski definition) is 9. The third-order valence-corrected chi connectivity index (χ3v) is 6.25. The molecule has 166 valence electrons. The van der Waals surface area contributed by atoms with Gasteiger partial charge >= 0.3 is 6.03 Å². The first-order valence-corrected chi connectivity index (χ1v) is 10.1. The van der Waals surface area contributed by atoms with Gasteiger partial charge in [0.1, 0.15) is 36.4 Å². The summed E-state index contributed by atoms with van der Waals surface area (Å²) in [4.78, 5) is 13.0. The quantitative estimate of drug-likeness (QED) is 0.298. The van der Waals surface area contributed by atoms with Crippen LogP contribution in [0.3, 0.4) is 0 Å². The molecule has 0 spiro atoms. The molecule has 3 unspecified atom stereocenters. The van der Waals surface area contributed by atoms with E-state index in [1.165, 1.54) is 0 Å². The van der Waals surface area contributed by atoms with E-state index in [0.29, 0.717) is 24.7 Å². The largest absolute Gasteiger partial charge is 0.491 e. The van der Waals surface area contributed by atoms with Crippen LogP contribution < -0.4 is 32.2 Å². The molecule has 30 heavy (non-hydrogen) atoms. The molecule has 3 aliphatic rings. The summed E-state index contributed by atoms with van der Waals surface area (Å²) in [7, 11) is 0. The summed E-state index contributed by atoms with van der Waals surface area (Å²) in [6.07, 6.45) is -1.83. The van der Waals surface area contributed by atoms with Crippen molar-refractivity contribution in [3.63, 3.8) is 0 Å². The normalized spacial score (nSPS) is 38.9. The Bertz CT molecular complexity index is 780. The Hall–Kier alpha value is -1.99. The van der Waals surface area contributed by atoms with Gasteiger partial charge in [0, 0.05) is 30.9 Å². The average Bonchev–Trinajstić information content (AvgIpc) is 3.21. The number of likely N-dealkylation sites (tertiary alicyclic amines) is 1. The molecule has 4 rings (SSSR count). The van der Waals surface area contributed by atoms with Crippen LogP contribution in [0.25, 0.3) is 0 Å². The highest BCUT2D eigenvalue weighted by Crippen LogP contribution is 2.38. The van der Waals surface area contributed by atoms with Gasteiger partial charge in [-0.25, -0.2) is 4.79 Å². The third kappa shape index (κ3) is 3.97. The van der Waals surface area contributed by atoms with Gasteiger partial charge in [0.15, 0.2) is 0 Å². The van der Waals surface area contributed by atoms with Crippen LogP contribution in [0.15, 0.2) is 24.3 Å². The Balaban J connectivity index is 1.42. The topological polar surface area (TPSA) is 167 Å². The molecule has 3 saturated heterocycles. The Labute approximate surface area is 174 Å². The number of nitrogens with one attached hydrogen (secondary N) is 3. The van der Waals surface area contributed by atoms with Crippen molar-refractivity contribution in [2.24, 2.45) is 17.4 Å². The predicted molar refractivity (Wildman–Crippen MR) is 108 cm³/mol. The number of carbonyl (C=O) groups excluding carboxylic acids is 1. The van der Waals surface area contributed by atoms with Gasteiger partial charge < -0.3 is 36.5 Å². The summed E-state index contributed by atoms with van der Waals surface area (Å²) in [5, 5.41) is 30.8. The number of hydrogen-bond donors (Lipinski definition) is 7. The first-order valence-electron chi connectivity index (χ1n) is 10.1. The number of urea groups is 1. The lowest BCUT2D eigenvalue weighted by Crippen LogP contribution is -2.64. The van der Waals surface area contributed by atoms with Gasteiger partial charge in [-0.05, 0) is 25.5 Å². The van der Waals surface area contributed by atoms with Gasteiger partial charge in [0.05, 0.1) is 12.3 Å². The number of fused-ring (bicyclic) bond motifs is 1. The maximum Gasteiger partial charge on any atom is 0.316 e. The number of anilines is 1. The van der Waals surface area contributed by atoms with Crippen molar-refractivity contribution < 1.29 is 24.5 Å². The minimum Gasteiger partial charge on any atom is -0.491 e. The van der Waals surface area contributed by atoms with Gasteiger partial charge in [0.2, 0.25) is 0 Å². The van der Waals surface area contributed by atoms with Gasteiger partial charge in [-0.2, -0.15) is 0 Å². The molecule has 0 aliphatic carbocycles. The van der Waals surface area contributed by atoms with E-state index >= 15 is 0 Å². The zero-order valence-electron chi connectivity index (χ0n) is 16.8. The highest BCUT2D eigenvalue weighted by molar-refractivity contribution is 5.87. The number of aliphatic hydroxyl groups excluding tert-OH is 1. The lowest BCUT2D eigenvalue weighted by atomic mass is 9.94. The van der Waals surface area contributed by atoms with E-state index in [-0.39, 0.29) is 24.9 Å². The van der Waals surface area contributed by atoms with E-state index < -0.39 is 30.1 Å². The number of carbonyl (C=O) groups is 1. The zero-order chi connectivity index (χ0) is 21.5. The molecule has 7 atom stereocenters. The van der Waals surface area contributed by atoms with Crippen LogP contribution in [0.2, 0.25) is 0 Å². The Morgan fingerprint density at radius 2 is 2.27 bits per heavy atom. The van der Waals surface area contributed by atoms with Gasteiger partial charge in [0.25, 0.3) is 0 Å². The van der Waals surface area contributed by atoms with Crippen molar-refractivity contribution in [3.05, 3.63) is 24.3 Å². The van der Waals surface area contributed by atoms with Crippen LogP contribution in [0.1, 0.15) is 13.3 Å². The molecular formula is C19H30N6O5. The molecule has 9 N–H and O–H groups in total. The van der Waals surface area contributed by atoms with Gasteiger partial charge in [-0.1, -0.05) is 6.07 Å². The average molecular weight is 422 g/mol. The van der Waals surface area contributed by atoms with Crippen molar-refractivity contribution in [3.8, 4) is 5.75 Å². The summed E-state index contributed by atoms with van der Waals surface area (Å²) >= 11 is 0. The van der Waals surface area contributed by atoms with E-state index in [2.05, 4.69) is 16.0 Å². The summed E-state index contributed by atoms with van der Waals surface area (Å²) < 4.78 is 11.9. The zero-order valence-corrected chi connectivity index (χ0v) is 16.8. The first-order chi connectivity index (χ1) is 14.3. The molecule has 11 nitrogen and oxygen atoms in total. The number of amides is 2. The minimum absolute atomic E-state index is 0.0248. The van der Waals surface area contributed by atoms with Crippen LogP contribution >= 0.6 is 0 Å². The maximum atomic E-state index is 11.0. The monoisotopic (exact) mass is 422 g/mol. The van der Waals surface area contributed by atoms with Gasteiger partial charge in [-0.3, -0.25) is 15.5 Å². The number of nitrogens with two attached hydrogens (primary N) is 2. The van der Waals surface area contributed by atoms with E-state index in [1.807, 2.05) is 4.90 Å². The molecule has 11 heteroatoms. The Morgan fingerprint density at radius 1 is 1.47 bits per heavy atom. The fourth-order valence-corrected chi connectivity index (χ4v) is 4.51. The van der Waals surface area contributed by atoms with E-state index in [0.717, 1.165) is 6.42 Å². The van der Waals surface area contributed by atoms with Crippen molar-refractivity contribution in [1.29, 1.82) is 0 Å². The summed E-state index contributed by atoms with van der Waals surface area (Å²) in [5.41, 5.74) is 10.3. The number of benzene rings is 1. The second-order valence-corrected chi connectivity index (χ2v) is 8.26. The minimum atomic E-state index is -1.50. The maximum absolute atomic E-state index is 11.0. The number of aliphatic hydroxyl groups is 2. The van der Waals surface area contributed by atoms with Crippen LogP contribution in [-0.4, -0.2) is 77.3 Å². The lowest BCUT2D eigenvalue weighted by Gasteiger charge is -2.39. The highest BCUT2D eigenvalue weighted by atomic mass is 16.6. The molecular weight excluding hydrogens is 392 g/mol. The van der Waals surface area contributed by atoms with Crippen molar-refractivity contribution in [1.82, 2.24) is 15.5 Å². The number of nitrogens with zero attached hydrogens (tertiary/aromatic N) is 1. The summed E-state index contributed by atoms with van der Waals surface area (Å²) in [5.74, 6) is 0.668. The van der Waals surface area contributed by atoms with E-state index in [1.54, 1.807) is 31.2 Å². The molecule has 2 amide bonds. The third-order valence-electron chi connectivity index (χ3n) is 6.25. The summed E-state index contributed by atoms with van der Waals surface area (Å²) in [6, 6.07) is 6.06. The number of ether oxygens (including phenoxy) is 2. The van der Waals surface area contributed by atoms with Crippen molar-refractivity contribution in [2.75, 3.05) is 25.1 Å². The van der Waals surface area contributed by atoms with Crippen molar-refractivity contribution in [2.45, 2.75) is 49.7 Å². The Kier molecular flexibility index (Phi) is 5.86. The predicted octanol–water partition coefficient (Wildman–Crippen LogP) is -1.52. The highest BCUT2D eigenvalue weighted by Gasteiger charge is 2.57. The second kappa shape index (κ2) is 8.27. The molecule has 0 radical (unpaired) electrons. The number of rotatable bonds is 5. The molecule has 1 aromatic carbocycles. The van der Waals surface area contributed by atoms with Crippen molar-refractivity contribution >= 4 is 11.7 Å².